The first-order chi connectivity index (χ1) is 7.68. The third kappa shape index (κ3) is 1.98. The fourth-order valence-electron chi connectivity index (χ4n) is 1.56. The molecular formula is C13H12N2O. The number of hydrogen-bond acceptors (Lipinski definition) is 3. The minimum absolute atomic E-state index is 0.0181. The van der Waals surface area contributed by atoms with Gasteiger partial charge in [0.25, 0.3) is 0 Å². The van der Waals surface area contributed by atoms with Crippen LogP contribution in [0.25, 0.3) is 11.3 Å². The zero-order chi connectivity index (χ0) is 11.5. The summed E-state index contributed by atoms with van der Waals surface area (Å²) in [5.41, 5.74) is 3.01. The molecule has 3 nitrogen and oxygen atoms in total. The van der Waals surface area contributed by atoms with Gasteiger partial charge in [-0.15, -0.1) is 0 Å². The van der Waals surface area contributed by atoms with E-state index < -0.39 is 0 Å². The van der Waals surface area contributed by atoms with Gasteiger partial charge in [-0.2, -0.15) is 10.2 Å². The number of ketones is 1. The van der Waals surface area contributed by atoms with Crippen molar-refractivity contribution in [1.82, 2.24) is 10.2 Å². The minimum atomic E-state index is 0.0181. The number of carbonyl (C=O) groups excluding carboxylic acids is 1. The monoisotopic (exact) mass is 212 g/mol. The number of benzene rings is 1. The first-order valence-electron chi connectivity index (χ1n) is 5.09. The molecule has 0 atom stereocenters. The van der Waals surface area contributed by atoms with Gasteiger partial charge in [-0.3, -0.25) is 4.79 Å². The van der Waals surface area contributed by atoms with Crippen LogP contribution in [0.1, 0.15) is 23.0 Å². The van der Waals surface area contributed by atoms with Crippen molar-refractivity contribution >= 4 is 5.78 Å². The number of rotatable bonds is 2. The molecule has 0 saturated heterocycles. The molecule has 0 N–H and O–H groups in total. The van der Waals surface area contributed by atoms with Gasteiger partial charge < -0.3 is 0 Å². The molecule has 0 unspecified atom stereocenters. The Morgan fingerprint density at radius 3 is 2.44 bits per heavy atom. The number of hydrogen-bond donors (Lipinski definition) is 0. The smallest absolute Gasteiger partial charge is 0.161 e. The second-order valence-electron chi connectivity index (χ2n) is 3.65. The maximum absolute atomic E-state index is 11.4. The molecule has 16 heavy (non-hydrogen) atoms. The van der Waals surface area contributed by atoms with Gasteiger partial charge in [0.1, 0.15) is 0 Å². The Morgan fingerprint density at radius 2 is 1.81 bits per heavy atom. The molecule has 0 aliphatic carbocycles. The molecule has 2 aromatic rings. The summed E-state index contributed by atoms with van der Waals surface area (Å²) in [5, 5.41) is 8.10. The van der Waals surface area contributed by atoms with Crippen LogP contribution in [0.2, 0.25) is 0 Å². The predicted octanol–water partition coefficient (Wildman–Crippen LogP) is 2.65. The Morgan fingerprint density at radius 1 is 1.12 bits per heavy atom. The van der Waals surface area contributed by atoms with Crippen LogP contribution in [0.3, 0.4) is 0 Å². The van der Waals surface area contributed by atoms with Crippen LogP contribution in [-0.4, -0.2) is 16.0 Å². The van der Waals surface area contributed by atoms with E-state index in [0.29, 0.717) is 11.3 Å². The highest BCUT2D eigenvalue weighted by Crippen LogP contribution is 2.18. The lowest BCUT2D eigenvalue weighted by Gasteiger charge is -2.03. The fourth-order valence-corrected chi connectivity index (χ4v) is 1.56. The molecule has 1 aromatic carbocycles. The summed E-state index contributed by atoms with van der Waals surface area (Å²) in [6.07, 6.45) is 0. The van der Waals surface area contributed by atoms with Crippen molar-refractivity contribution in [3.8, 4) is 11.3 Å². The normalized spacial score (nSPS) is 10.1. The van der Waals surface area contributed by atoms with Gasteiger partial charge in [-0.1, -0.05) is 30.3 Å². The second kappa shape index (κ2) is 4.23. The Labute approximate surface area is 94.2 Å². The van der Waals surface area contributed by atoms with Crippen molar-refractivity contribution in [2.75, 3.05) is 0 Å². The van der Waals surface area contributed by atoms with Crippen molar-refractivity contribution in [2.24, 2.45) is 0 Å². The average Bonchev–Trinajstić information content (AvgIpc) is 2.30. The van der Waals surface area contributed by atoms with Gasteiger partial charge in [0.05, 0.1) is 11.4 Å². The second-order valence-corrected chi connectivity index (χ2v) is 3.65. The molecule has 0 radical (unpaired) electrons. The van der Waals surface area contributed by atoms with Gasteiger partial charge in [0, 0.05) is 11.1 Å². The van der Waals surface area contributed by atoms with Gasteiger partial charge in [-0.25, -0.2) is 0 Å². The molecule has 2 rings (SSSR count). The van der Waals surface area contributed by atoms with Crippen LogP contribution in [0.15, 0.2) is 36.4 Å². The number of carbonyl (C=O) groups is 1. The third-order valence-corrected chi connectivity index (χ3v) is 2.43. The molecule has 1 heterocycles. The Bertz CT molecular complexity index is 521. The highest BCUT2D eigenvalue weighted by Gasteiger charge is 2.08. The molecule has 80 valence electrons. The highest BCUT2D eigenvalue weighted by atomic mass is 16.1. The summed E-state index contributed by atoms with van der Waals surface area (Å²) in [7, 11) is 0. The van der Waals surface area contributed by atoms with E-state index >= 15 is 0 Å². The zero-order valence-corrected chi connectivity index (χ0v) is 9.27. The average molecular weight is 212 g/mol. The van der Waals surface area contributed by atoms with Gasteiger partial charge in [0.15, 0.2) is 5.78 Å². The largest absolute Gasteiger partial charge is 0.294 e. The standard InChI is InChI=1S/C13H12N2O/c1-9-12(10(2)16)8-13(15-14-9)11-6-4-3-5-7-11/h3-8H,1-2H3. The van der Waals surface area contributed by atoms with E-state index in [1.807, 2.05) is 30.3 Å². The van der Waals surface area contributed by atoms with Crippen LogP contribution < -0.4 is 0 Å². The van der Waals surface area contributed by atoms with Crippen molar-refractivity contribution in [2.45, 2.75) is 13.8 Å². The topological polar surface area (TPSA) is 42.9 Å². The van der Waals surface area contributed by atoms with E-state index in [0.717, 1.165) is 11.3 Å². The lowest BCUT2D eigenvalue weighted by molar-refractivity contribution is 0.101. The lowest BCUT2D eigenvalue weighted by Crippen LogP contribution is -2.01. The SMILES string of the molecule is CC(=O)c1cc(-c2ccccc2)nnc1C. The van der Waals surface area contributed by atoms with Gasteiger partial charge >= 0.3 is 0 Å². The Balaban J connectivity index is 2.52. The Hall–Kier alpha value is -2.03. The highest BCUT2D eigenvalue weighted by molar-refractivity contribution is 5.95. The van der Waals surface area contributed by atoms with Gasteiger partial charge in [-0.05, 0) is 19.9 Å². The van der Waals surface area contributed by atoms with Crippen LogP contribution >= 0.6 is 0 Å². The van der Waals surface area contributed by atoms with E-state index in [1.165, 1.54) is 0 Å². The zero-order valence-electron chi connectivity index (χ0n) is 9.27. The summed E-state index contributed by atoms with van der Waals surface area (Å²) in [4.78, 5) is 11.4. The lowest BCUT2D eigenvalue weighted by atomic mass is 10.1. The number of aromatic nitrogens is 2. The first-order valence-corrected chi connectivity index (χ1v) is 5.09. The van der Waals surface area contributed by atoms with E-state index in [-0.39, 0.29) is 5.78 Å². The van der Waals surface area contributed by atoms with E-state index in [2.05, 4.69) is 10.2 Å². The summed E-state index contributed by atoms with van der Waals surface area (Å²) in [5.74, 6) is 0.0181. The first kappa shape index (κ1) is 10.5. The quantitative estimate of drug-likeness (QED) is 0.719. The van der Waals surface area contributed by atoms with Crippen LogP contribution in [-0.2, 0) is 0 Å². The molecule has 0 aliphatic rings. The fraction of sp³-hybridized carbons (Fsp3) is 0.154. The minimum Gasteiger partial charge on any atom is -0.294 e. The molecule has 0 spiro atoms. The summed E-state index contributed by atoms with van der Waals surface area (Å²) in [6, 6.07) is 11.5. The van der Waals surface area contributed by atoms with E-state index in [1.54, 1.807) is 19.9 Å². The maximum atomic E-state index is 11.4. The molecule has 0 aliphatic heterocycles. The van der Waals surface area contributed by atoms with Crippen molar-refractivity contribution in [1.29, 1.82) is 0 Å². The molecule has 0 fully saturated rings. The van der Waals surface area contributed by atoms with Crippen molar-refractivity contribution in [3.05, 3.63) is 47.7 Å². The van der Waals surface area contributed by atoms with Crippen LogP contribution in [0.5, 0.6) is 0 Å². The molecule has 0 saturated carbocycles. The maximum Gasteiger partial charge on any atom is 0.161 e. The van der Waals surface area contributed by atoms with Crippen molar-refractivity contribution in [3.63, 3.8) is 0 Å². The molecule has 3 heteroatoms. The van der Waals surface area contributed by atoms with Crippen LogP contribution in [0, 0.1) is 6.92 Å². The predicted molar refractivity (Wildman–Crippen MR) is 62.2 cm³/mol. The van der Waals surface area contributed by atoms with E-state index in [4.69, 9.17) is 0 Å². The summed E-state index contributed by atoms with van der Waals surface area (Å²) in [6.45, 7) is 3.33. The van der Waals surface area contributed by atoms with Gasteiger partial charge in [0.2, 0.25) is 0 Å². The number of aryl methyl sites for hydroxylation is 1. The third-order valence-electron chi connectivity index (χ3n) is 2.43. The molecule has 0 bridgehead atoms. The van der Waals surface area contributed by atoms with E-state index in [9.17, 15) is 4.79 Å². The molecule has 0 amide bonds. The van der Waals surface area contributed by atoms with Crippen molar-refractivity contribution < 1.29 is 4.79 Å². The summed E-state index contributed by atoms with van der Waals surface area (Å²) < 4.78 is 0. The number of Topliss-reactive ketones (excluding diaryl/α,β-unsaturated/α-hetero) is 1. The Kier molecular flexibility index (Phi) is 2.77. The molecular weight excluding hydrogens is 200 g/mol. The van der Waals surface area contributed by atoms with Crippen LogP contribution in [0.4, 0.5) is 0 Å². The summed E-state index contributed by atoms with van der Waals surface area (Å²) >= 11 is 0. The molecule has 1 aromatic heterocycles. The number of nitrogens with zero attached hydrogens (tertiary/aromatic N) is 2.